The molecule has 1 aromatic heterocycles. The van der Waals surface area contributed by atoms with E-state index in [1.54, 1.807) is 12.1 Å². The number of nitrogens with two attached hydrogens (primary N) is 1. The van der Waals surface area contributed by atoms with E-state index in [2.05, 4.69) is 10.6 Å². The van der Waals surface area contributed by atoms with Crippen LogP contribution in [0, 0.1) is 0 Å². The van der Waals surface area contributed by atoms with E-state index in [-0.39, 0.29) is 21.5 Å². The Hall–Kier alpha value is -2.07. The van der Waals surface area contributed by atoms with Gasteiger partial charge in [0.15, 0.2) is 0 Å². The largest absolute Gasteiger partial charge is 0.467 e. The van der Waals surface area contributed by atoms with Crippen molar-refractivity contribution in [2.24, 2.45) is 5.14 Å². The molecule has 10 heteroatoms. The Balaban J connectivity index is 2.32. The van der Waals surface area contributed by atoms with E-state index in [9.17, 15) is 13.2 Å². The third-order valence-corrected chi connectivity index (χ3v) is 5.73. The van der Waals surface area contributed by atoms with Crippen molar-refractivity contribution in [2.75, 3.05) is 26.0 Å². The van der Waals surface area contributed by atoms with Gasteiger partial charge in [-0.3, -0.25) is 4.79 Å². The van der Waals surface area contributed by atoms with E-state index in [0.29, 0.717) is 24.5 Å². The molecule has 0 fully saturated rings. The van der Waals surface area contributed by atoms with Crippen LogP contribution >= 0.6 is 11.6 Å². The Morgan fingerprint density at radius 3 is 2.61 bits per heavy atom. The average molecular weight is 429 g/mol. The molecule has 154 valence electrons. The fraction of sp³-hybridized carbons (Fsp3) is 0.389. The van der Waals surface area contributed by atoms with Gasteiger partial charge in [0, 0.05) is 18.3 Å². The monoisotopic (exact) mass is 428 g/mol. The van der Waals surface area contributed by atoms with Crippen LogP contribution in [0.25, 0.3) is 0 Å². The molecule has 2 rings (SSSR count). The highest BCUT2D eigenvalue weighted by atomic mass is 35.5. The summed E-state index contributed by atoms with van der Waals surface area (Å²) >= 11 is 6.08. The highest BCUT2D eigenvalue weighted by molar-refractivity contribution is 7.89. The summed E-state index contributed by atoms with van der Waals surface area (Å²) in [4.78, 5) is 14.5. The Labute approximate surface area is 170 Å². The Morgan fingerprint density at radius 1 is 1.36 bits per heavy atom. The number of benzene rings is 1. The number of furan rings is 1. The van der Waals surface area contributed by atoms with Crippen molar-refractivity contribution in [1.29, 1.82) is 0 Å². The minimum absolute atomic E-state index is 0.0688. The molecule has 1 atom stereocenters. The number of hydrogen-bond acceptors (Lipinski definition) is 6. The van der Waals surface area contributed by atoms with E-state index >= 15 is 0 Å². The second-order valence-corrected chi connectivity index (χ2v) is 8.48. The molecule has 0 aliphatic rings. The van der Waals surface area contributed by atoms with Gasteiger partial charge in [-0.15, -0.1) is 0 Å². The van der Waals surface area contributed by atoms with Gasteiger partial charge < -0.3 is 20.0 Å². The number of sulfonamides is 1. The van der Waals surface area contributed by atoms with E-state index in [4.69, 9.17) is 21.2 Å². The van der Waals surface area contributed by atoms with Gasteiger partial charge in [0.05, 0.1) is 23.4 Å². The maximum atomic E-state index is 12.8. The van der Waals surface area contributed by atoms with Crippen molar-refractivity contribution in [2.45, 2.75) is 30.8 Å². The Kier molecular flexibility index (Phi) is 7.48. The summed E-state index contributed by atoms with van der Waals surface area (Å²) in [5.74, 6) is 0.223. The molecule has 0 aliphatic carbocycles. The molecule has 0 radical (unpaired) electrons. The molecule has 28 heavy (non-hydrogen) atoms. The molecule has 8 nitrogen and oxygen atoms in total. The molecule has 0 aliphatic heterocycles. The lowest BCUT2D eigenvalue weighted by Crippen LogP contribution is -2.40. The van der Waals surface area contributed by atoms with E-state index in [0.717, 1.165) is 6.42 Å². The van der Waals surface area contributed by atoms with Crippen LogP contribution in [0.3, 0.4) is 0 Å². The molecule has 1 aromatic carbocycles. The first-order valence-electron chi connectivity index (χ1n) is 8.70. The normalized spacial score (nSPS) is 12.8. The lowest BCUT2D eigenvalue weighted by molar-refractivity contribution is 0.0942. The SMILES string of the molecule is CCC(CNC(=O)c1cc(S(N)(=O)=O)c(Cl)cc1NCc1ccco1)N(C)C. The summed E-state index contributed by atoms with van der Waals surface area (Å²) < 4.78 is 28.9. The number of nitrogens with one attached hydrogen (secondary N) is 2. The summed E-state index contributed by atoms with van der Waals surface area (Å²) in [7, 11) is -0.223. The van der Waals surface area contributed by atoms with Gasteiger partial charge in [-0.2, -0.15) is 0 Å². The van der Waals surface area contributed by atoms with Crippen molar-refractivity contribution in [3.05, 3.63) is 46.9 Å². The number of amides is 1. The zero-order valence-corrected chi connectivity index (χ0v) is 17.6. The van der Waals surface area contributed by atoms with Gasteiger partial charge in [-0.05, 0) is 44.8 Å². The predicted octanol–water partition coefficient (Wildman–Crippen LogP) is 2.26. The number of likely N-dealkylation sites (N-methyl/N-ethyl adjacent to an activating group) is 1. The highest BCUT2D eigenvalue weighted by Crippen LogP contribution is 2.29. The molecular weight excluding hydrogens is 404 g/mol. The quantitative estimate of drug-likeness (QED) is 0.563. The van der Waals surface area contributed by atoms with Gasteiger partial charge in [0.1, 0.15) is 10.7 Å². The van der Waals surface area contributed by atoms with Gasteiger partial charge in [-0.1, -0.05) is 18.5 Å². The third-order valence-electron chi connectivity index (χ3n) is 4.36. The van der Waals surface area contributed by atoms with Gasteiger partial charge in [-0.25, -0.2) is 13.6 Å². The molecule has 0 saturated carbocycles. The van der Waals surface area contributed by atoms with Crippen LogP contribution in [-0.4, -0.2) is 45.9 Å². The first-order valence-corrected chi connectivity index (χ1v) is 10.6. The maximum absolute atomic E-state index is 12.8. The summed E-state index contributed by atoms with van der Waals surface area (Å²) in [5.41, 5.74) is 0.512. The number of carbonyl (C=O) groups excluding carboxylic acids is 1. The standard InChI is InChI=1S/C18H25ClN4O4S/c1-4-12(23(2)3)10-22-18(24)14-8-17(28(20,25)26)15(19)9-16(14)21-11-13-6-5-7-27-13/h5-9,12,21H,4,10-11H2,1-3H3,(H,22,24)(H2,20,25,26). The number of hydrogen-bond donors (Lipinski definition) is 3. The van der Waals surface area contributed by atoms with Crippen LogP contribution in [0.5, 0.6) is 0 Å². The molecule has 0 saturated heterocycles. The number of primary sulfonamides is 1. The first kappa shape index (κ1) is 22.2. The number of carbonyl (C=O) groups is 1. The van der Waals surface area contributed by atoms with Gasteiger partial charge in [0.25, 0.3) is 5.91 Å². The zero-order chi connectivity index (χ0) is 20.9. The molecule has 4 N–H and O–H groups in total. The van der Waals surface area contributed by atoms with Gasteiger partial charge >= 0.3 is 0 Å². The minimum atomic E-state index is -4.08. The minimum Gasteiger partial charge on any atom is -0.467 e. The molecular formula is C18H25ClN4O4S. The summed E-state index contributed by atoms with van der Waals surface area (Å²) in [6.45, 7) is 2.73. The smallest absolute Gasteiger partial charge is 0.253 e. The fourth-order valence-electron chi connectivity index (χ4n) is 2.70. The van der Waals surface area contributed by atoms with E-state index < -0.39 is 15.9 Å². The van der Waals surface area contributed by atoms with Crippen molar-refractivity contribution in [3.8, 4) is 0 Å². The lowest BCUT2D eigenvalue weighted by Gasteiger charge is -2.23. The van der Waals surface area contributed by atoms with Crippen LogP contribution in [-0.2, 0) is 16.6 Å². The van der Waals surface area contributed by atoms with Gasteiger partial charge in [0.2, 0.25) is 10.0 Å². The second kappa shape index (κ2) is 9.42. The Bertz CT molecular complexity index is 914. The van der Waals surface area contributed by atoms with Crippen molar-refractivity contribution in [3.63, 3.8) is 0 Å². The number of nitrogens with zero attached hydrogens (tertiary/aromatic N) is 1. The summed E-state index contributed by atoms with van der Waals surface area (Å²) in [6, 6.07) is 6.23. The number of halogens is 1. The summed E-state index contributed by atoms with van der Waals surface area (Å²) in [5, 5.41) is 11.1. The zero-order valence-electron chi connectivity index (χ0n) is 16.0. The topological polar surface area (TPSA) is 118 Å². The molecule has 0 bridgehead atoms. The maximum Gasteiger partial charge on any atom is 0.253 e. The predicted molar refractivity (Wildman–Crippen MR) is 109 cm³/mol. The average Bonchev–Trinajstić information content (AvgIpc) is 3.12. The molecule has 1 unspecified atom stereocenters. The molecule has 1 heterocycles. The van der Waals surface area contributed by atoms with Crippen LogP contribution < -0.4 is 15.8 Å². The third kappa shape index (κ3) is 5.71. The molecule has 2 aromatic rings. The lowest BCUT2D eigenvalue weighted by atomic mass is 10.1. The van der Waals surface area contributed by atoms with E-state index in [1.807, 2.05) is 25.9 Å². The molecule has 1 amide bonds. The Morgan fingerprint density at radius 2 is 2.07 bits per heavy atom. The van der Waals surface area contributed by atoms with Crippen LogP contribution in [0.4, 0.5) is 5.69 Å². The molecule has 0 spiro atoms. The number of anilines is 1. The first-order chi connectivity index (χ1) is 13.1. The van der Waals surface area contributed by atoms with E-state index in [1.165, 1.54) is 18.4 Å². The number of rotatable bonds is 9. The van der Waals surface area contributed by atoms with Crippen LogP contribution in [0.1, 0.15) is 29.5 Å². The second-order valence-electron chi connectivity index (χ2n) is 6.54. The van der Waals surface area contributed by atoms with Crippen LogP contribution in [0.2, 0.25) is 5.02 Å². The van der Waals surface area contributed by atoms with Crippen molar-refractivity contribution in [1.82, 2.24) is 10.2 Å². The van der Waals surface area contributed by atoms with Crippen molar-refractivity contribution < 1.29 is 17.6 Å². The highest BCUT2D eigenvalue weighted by Gasteiger charge is 2.21. The van der Waals surface area contributed by atoms with Crippen molar-refractivity contribution >= 4 is 33.2 Å². The fourth-order valence-corrected chi connectivity index (χ4v) is 3.80. The summed E-state index contributed by atoms with van der Waals surface area (Å²) in [6.07, 6.45) is 2.38. The van der Waals surface area contributed by atoms with Crippen LogP contribution in [0.15, 0.2) is 39.8 Å².